The Morgan fingerprint density at radius 1 is 1.16 bits per heavy atom. The Morgan fingerprint density at radius 2 is 1.84 bits per heavy atom. The first kappa shape index (κ1) is 22.9. The molecule has 0 unspecified atom stereocenters. The summed E-state index contributed by atoms with van der Waals surface area (Å²) in [6.45, 7) is 0.305. The van der Waals surface area contributed by atoms with Gasteiger partial charge in [-0.3, -0.25) is 9.59 Å². The number of benzene rings is 2. The number of hydrogen-bond donors (Lipinski definition) is 1. The fourth-order valence-corrected chi connectivity index (χ4v) is 5.13. The second-order valence-electron chi connectivity index (χ2n) is 7.41. The van der Waals surface area contributed by atoms with Gasteiger partial charge in [-0.15, -0.1) is 0 Å². The van der Waals surface area contributed by atoms with Crippen LogP contribution in [-0.4, -0.2) is 44.8 Å². The lowest BCUT2D eigenvalue weighted by Gasteiger charge is -2.32. The molecule has 31 heavy (non-hydrogen) atoms. The van der Waals surface area contributed by atoms with E-state index in [4.69, 9.17) is 4.74 Å². The van der Waals surface area contributed by atoms with Gasteiger partial charge in [0.25, 0.3) is 0 Å². The Hall–Kier alpha value is -2.78. The average molecular weight is 449 g/mol. The molecule has 2 aromatic carbocycles. The highest BCUT2D eigenvalue weighted by Crippen LogP contribution is 2.25. The quantitative estimate of drug-likeness (QED) is 0.658. The van der Waals surface area contributed by atoms with Crippen LogP contribution >= 0.6 is 0 Å². The van der Waals surface area contributed by atoms with Crippen molar-refractivity contribution in [3.05, 3.63) is 66.0 Å². The lowest BCUT2D eigenvalue weighted by Crippen LogP contribution is -2.46. The number of carbonyl (C=O) groups excluding carboxylic acids is 2. The number of esters is 1. The molecule has 1 heterocycles. The molecule has 1 aliphatic heterocycles. The van der Waals surface area contributed by atoms with Crippen molar-refractivity contribution in [1.29, 1.82) is 0 Å². The second kappa shape index (κ2) is 10.0. The lowest BCUT2D eigenvalue weighted by atomic mass is 9.97. The smallest absolute Gasteiger partial charge is 0.307 e. The van der Waals surface area contributed by atoms with Crippen LogP contribution in [0.5, 0.6) is 0 Å². The summed E-state index contributed by atoms with van der Waals surface area (Å²) in [6, 6.07) is 13.1. The number of methoxy groups -OCH3 is 1. The predicted molar refractivity (Wildman–Crippen MR) is 112 cm³/mol. The molecule has 0 bridgehead atoms. The van der Waals surface area contributed by atoms with Crippen LogP contribution < -0.4 is 5.32 Å². The molecule has 9 heteroatoms. The van der Waals surface area contributed by atoms with Crippen LogP contribution in [0.4, 0.5) is 4.39 Å². The maximum atomic E-state index is 13.2. The van der Waals surface area contributed by atoms with Gasteiger partial charge in [0.05, 0.1) is 30.4 Å². The van der Waals surface area contributed by atoms with Gasteiger partial charge in [-0.05, 0) is 42.7 Å². The number of halogens is 1. The van der Waals surface area contributed by atoms with E-state index in [1.165, 1.54) is 23.5 Å². The molecule has 0 radical (unpaired) electrons. The fourth-order valence-electron chi connectivity index (χ4n) is 3.61. The van der Waals surface area contributed by atoms with E-state index in [1.54, 1.807) is 12.1 Å². The fraction of sp³-hybridized carbons (Fsp3) is 0.364. The number of amides is 1. The van der Waals surface area contributed by atoms with Crippen molar-refractivity contribution >= 4 is 21.9 Å². The largest absolute Gasteiger partial charge is 0.469 e. The Morgan fingerprint density at radius 3 is 2.48 bits per heavy atom. The summed E-state index contributed by atoms with van der Waals surface area (Å²) in [5.74, 6) is -1.87. The molecule has 0 aliphatic carbocycles. The number of nitrogens with zero attached hydrogens (tertiary/aromatic N) is 1. The molecular formula is C22H25FN2O5S. The molecule has 1 fully saturated rings. The first-order valence-corrected chi connectivity index (χ1v) is 11.4. The van der Waals surface area contributed by atoms with Crippen LogP contribution in [0.1, 0.15) is 30.9 Å². The van der Waals surface area contributed by atoms with Gasteiger partial charge in [0.2, 0.25) is 15.9 Å². The van der Waals surface area contributed by atoms with Crippen LogP contribution in [-0.2, 0) is 24.3 Å². The first-order valence-electron chi connectivity index (χ1n) is 9.99. The predicted octanol–water partition coefficient (Wildman–Crippen LogP) is 2.65. The first-order chi connectivity index (χ1) is 14.8. The Kier molecular flexibility index (Phi) is 7.40. The molecule has 166 valence electrons. The summed E-state index contributed by atoms with van der Waals surface area (Å²) in [5.41, 5.74) is 0.757. The van der Waals surface area contributed by atoms with Crippen molar-refractivity contribution < 1.29 is 27.1 Å². The van der Waals surface area contributed by atoms with Gasteiger partial charge in [0.15, 0.2) is 0 Å². The van der Waals surface area contributed by atoms with Gasteiger partial charge >= 0.3 is 5.97 Å². The van der Waals surface area contributed by atoms with Crippen LogP contribution in [0.25, 0.3) is 0 Å². The number of carbonyl (C=O) groups is 2. The highest BCUT2D eigenvalue weighted by Gasteiger charge is 2.34. The third-order valence-electron chi connectivity index (χ3n) is 5.32. The van der Waals surface area contributed by atoms with Gasteiger partial charge in [-0.1, -0.05) is 30.3 Å². The Balaban J connectivity index is 1.73. The number of nitrogens with one attached hydrogen (secondary N) is 1. The van der Waals surface area contributed by atoms with Crippen molar-refractivity contribution in [3.63, 3.8) is 0 Å². The minimum absolute atomic E-state index is 0.0113. The molecule has 0 spiro atoms. The monoisotopic (exact) mass is 448 g/mol. The summed E-state index contributed by atoms with van der Waals surface area (Å²) in [6.07, 6.45) is 1.02. The summed E-state index contributed by atoms with van der Waals surface area (Å²) >= 11 is 0. The van der Waals surface area contributed by atoms with E-state index in [2.05, 4.69) is 5.32 Å². The molecule has 2 aromatic rings. The number of piperidine rings is 1. The van der Waals surface area contributed by atoms with Gasteiger partial charge < -0.3 is 10.1 Å². The minimum Gasteiger partial charge on any atom is -0.469 e. The zero-order valence-electron chi connectivity index (χ0n) is 17.2. The molecule has 0 saturated carbocycles. The SMILES string of the molecule is COC(=O)C[C@@H](NC(=O)[C@@H]1CCCN(S(=O)(=O)c2ccc(F)cc2)C1)c1ccccc1. The van der Waals surface area contributed by atoms with Crippen molar-refractivity contribution in [2.45, 2.75) is 30.2 Å². The van der Waals surface area contributed by atoms with Gasteiger partial charge in [0, 0.05) is 13.1 Å². The number of hydrogen-bond acceptors (Lipinski definition) is 5. The molecular weight excluding hydrogens is 423 g/mol. The van der Waals surface area contributed by atoms with Crippen molar-refractivity contribution in [2.24, 2.45) is 5.92 Å². The summed E-state index contributed by atoms with van der Waals surface area (Å²) in [4.78, 5) is 24.8. The zero-order valence-corrected chi connectivity index (χ0v) is 18.0. The van der Waals surface area contributed by atoms with Crippen LogP contribution in [0.15, 0.2) is 59.5 Å². The maximum absolute atomic E-state index is 13.2. The van der Waals surface area contributed by atoms with Crippen molar-refractivity contribution in [3.8, 4) is 0 Å². The molecule has 3 rings (SSSR count). The molecule has 1 N–H and O–H groups in total. The zero-order chi connectivity index (χ0) is 22.4. The van der Waals surface area contributed by atoms with Gasteiger partial charge in [0.1, 0.15) is 5.82 Å². The van der Waals surface area contributed by atoms with E-state index in [0.29, 0.717) is 12.8 Å². The Bertz CT molecular complexity index is 1010. The third-order valence-corrected chi connectivity index (χ3v) is 7.20. The number of rotatable bonds is 7. The third kappa shape index (κ3) is 5.68. The normalized spacial score (nSPS) is 18.2. The minimum atomic E-state index is -3.84. The lowest BCUT2D eigenvalue weighted by molar-refractivity contribution is -0.141. The van der Waals surface area contributed by atoms with Crippen molar-refractivity contribution in [2.75, 3.05) is 20.2 Å². The van der Waals surface area contributed by atoms with E-state index in [1.807, 2.05) is 18.2 Å². The van der Waals surface area contributed by atoms with Gasteiger partial charge in [-0.2, -0.15) is 4.31 Å². The Labute approximate surface area is 181 Å². The highest BCUT2D eigenvalue weighted by atomic mass is 32.2. The molecule has 1 aliphatic rings. The number of sulfonamides is 1. The maximum Gasteiger partial charge on any atom is 0.307 e. The van der Waals surface area contributed by atoms with E-state index in [9.17, 15) is 22.4 Å². The van der Waals surface area contributed by atoms with E-state index in [-0.39, 0.29) is 30.3 Å². The van der Waals surface area contributed by atoms with E-state index < -0.39 is 33.8 Å². The molecule has 1 saturated heterocycles. The van der Waals surface area contributed by atoms with Crippen LogP contribution in [0.3, 0.4) is 0 Å². The highest BCUT2D eigenvalue weighted by molar-refractivity contribution is 7.89. The van der Waals surface area contributed by atoms with Gasteiger partial charge in [-0.25, -0.2) is 12.8 Å². The molecule has 1 amide bonds. The standard InChI is InChI=1S/C22H25FN2O5S/c1-30-21(26)14-20(16-6-3-2-4-7-16)24-22(27)17-8-5-13-25(15-17)31(28,29)19-11-9-18(23)10-12-19/h2-4,6-7,9-12,17,20H,5,8,13-15H2,1H3,(H,24,27)/t17-,20-/m1/s1. The van der Waals surface area contributed by atoms with Crippen LogP contribution in [0, 0.1) is 11.7 Å². The molecule has 0 aromatic heterocycles. The van der Waals surface area contributed by atoms with E-state index >= 15 is 0 Å². The number of ether oxygens (including phenoxy) is 1. The van der Waals surface area contributed by atoms with Crippen LogP contribution in [0.2, 0.25) is 0 Å². The summed E-state index contributed by atoms with van der Waals surface area (Å²) < 4.78 is 45.0. The van der Waals surface area contributed by atoms with Crippen molar-refractivity contribution in [1.82, 2.24) is 9.62 Å². The summed E-state index contributed by atoms with van der Waals surface area (Å²) in [5, 5.41) is 2.88. The molecule has 7 nitrogen and oxygen atoms in total. The average Bonchev–Trinajstić information content (AvgIpc) is 2.79. The van der Waals surface area contributed by atoms with E-state index in [0.717, 1.165) is 17.7 Å². The summed E-state index contributed by atoms with van der Waals surface area (Å²) in [7, 11) is -2.55. The second-order valence-corrected chi connectivity index (χ2v) is 9.35. The molecule has 2 atom stereocenters. The topological polar surface area (TPSA) is 92.8 Å².